The summed E-state index contributed by atoms with van der Waals surface area (Å²) in [5.74, 6) is 1.98. The molecule has 9 rings (SSSR count). The molecular weight excluding hydrogens is 567 g/mol. The molecule has 0 N–H and O–H groups in total. The van der Waals surface area contributed by atoms with Crippen LogP contribution in [0.3, 0.4) is 0 Å². The fraction of sp³-hybridized carbons (Fsp3) is 0. The summed E-state index contributed by atoms with van der Waals surface area (Å²) in [6.07, 6.45) is 0. The molecule has 2 aromatic heterocycles. The highest BCUT2D eigenvalue weighted by Gasteiger charge is 2.18. The van der Waals surface area contributed by atoms with Crippen LogP contribution >= 0.6 is 11.3 Å². The zero-order chi connectivity index (χ0) is 29.7. The molecule has 0 aliphatic carbocycles. The lowest BCUT2D eigenvalue weighted by Gasteiger charge is -2.14. The van der Waals surface area contributed by atoms with Crippen molar-refractivity contribution in [3.8, 4) is 45.3 Å². The number of rotatable bonds is 4. The van der Waals surface area contributed by atoms with Crippen LogP contribution in [0.2, 0.25) is 0 Å². The Morgan fingerprint density at radius 1 is 0.333 bits per heavy atom. The maximum Gasteiger partial charge on any atom is 0.164 e. The van der Waals surface area contributed by atoms with E-state index in [-0.39, 0.29) is 0 Å². The molecule has 9 aromatic rings. The average Bonchev–Trinajstić information content (AvgIpc) is 3.49. The van der Waals surface area contributed by atoms with Gasteiger partial charge in [-0.15, -0.1) is 11.3 Å². The summed E-state index contributed by atoms with van der Waals surface area (Å²) in [4.78, 5) is 15.4. The van der Waals surface area contributed by atoms with Crippen molar-refractivity contribution in [2.45, 2.75) is 0 Å². The van der Waals surface area contributed by atoms with Gasteiger partial charge in [-0.25, -0.2) is 15.0 Å². The van der Waals surface area contributed by atoms with Crippen LogP contribution in [-0.2, 0) is 0 Å². The van der Waals surface area contributed by atoms with Gasteiger partial charge in [-0.2, -0.15) is 0 Å². The molecular formula is C41H25N3S. The van der Waals surface area contributed by atoms with E-state index in [9.17, 15) is 0 Å². The lowest BCUT2D eigenvalue weighted by molar-refractivity contribution is 1.08. The molecule has 0 unspecified atom stereocenters. The first-order valence-corrected chi connectivity index (χ1v) is 15.8. The van der Waals surface area contributed by atoms with Gasteiger partial charge in [0.05, 0.1) is 0 Å². The first-order chi connectivity index (χ1) is 22.3. The van der Waals surface area contributed by atoms with E-state index in [1.54, 1.807) is 11.3 Å². The zero-order valence-electron chi connectivity index (χ0n) is 24.2. The molecule has 0 radical (unpaired) electrons. The van der Waals surface area contributed by atoms with Gasteiger partial charge in [0, 0.05) is 36.9 Å². The van der Waals surface area contributed by atoms with Crippen LogP contribution in [0.4, 0.5) is 0 Å². The van der Waals surface area contributed by atoms with Crippen molar-refractivity contribution in [1.29, 1.82) is 0 Å². The van der Waals surface area contributed by atoms with Crippen molar-refractivity contribution >= 4 is 53.1 Å². The van der Waals surface area contributed by atoms with Crippen LogP contribution in [0.15, 0.2) is 152 Å². The minimum absolute atomic E-state index is 0.657. The second-order valence-corrected chi connectivity index (χ2v) is 12.4. The summed E-state index contributed by atoms with van der Waals surface area (Å²) in [6, 6.07) is 53.4. The molecule has 0 amide bonds. The quantitative estimate of drug-likeness (QED) is 0.204. The van der Waals surface area contributed by atoms with E-state index < -0.39 is 0 Å². The molecule has 0 bridgehead atoms. The number of fused-ring (bicyclic) bond motifs is 5. The van der Waals surface area contributed by atoms with E-state index in [0.29, 0.717) is 17.5 Å². The summed E-state index contributed by atoms with van der Waals surface area (Å²) in [5, 5.41) is 7.27. The smallest absolute Gasteiger partial charge is 0.164 e. The summed E-state index contributed by atoms with van der Waals surface area (Å²) in [6.45, 7) is 0. The molecule has 0 atom stereocenters. The lowest BCUT2D eigenvalue weighted by Crippen LogP contribution is -2.01. The minimum atomic E-state index is 0.657. The van der Waals surface area contributed by atoms with E-state index in [1.807, 2.05) is 18.2 Å². The Hall–Kier alpha value is -5.71. The van der Waals surface area contributed by atoms with Gasteiger partial charge < -0.3 is 0 Å². The molecule has 0 aliphatic heterocycles. The zero-order valence-corrected chi connectivity index (χ0v) is 25.0. The summed E-state index contributed by atoms with van der Waals surface area (Å²) >= 11 is 1.80. The highest BCUT2D eigenvalue weighted by atomic mass is 32.1. The fourth-order valence-corrected chi connectivity index (χ4v) is 7.37. The van der Waals surface area contributed by atoms with Crippen LogP contribution in [0.1, 0.15) is 0 Å². The predicted molar refractivity (Wildman–Crippen MR) is 189 cm³/mol. The third-order valence-corrected chi connectivity index (χ3v) is 9.63. The SMILES string of the molecule is c1ccc(-c2nc(-c3ccc4c(c3)sc3ccccc34)nc(-c3cc4ccccc4cc3-c3ccc4ccccc4c3)n2)cc1. The second-order valence-electron chi connectivity index (χ2n) is 11.3. The number of thiophene rings is 1. The monoisotopic (exact) mass is 591 g/mol. The number of hydrogen-bond acceptors (Lipinski definition) is 4. The average molecular weight is 592 g/mol. The van der Waals surface area contributed by atoms with Crippen LogP contribution in [0, 0.1) is 0 Å². The molecule has 0 saturated heterocycles. The topological polar surface area (TPSA) is 38.7 Å². The Morgan fingerprint density at radius 2 is 0.911 bits per heavy atom. The molecule has 2 heterocycles. The first kappa shape index (κ1) is 25.8. The number of aromatic nitrogens is 3. The van der Waals surface area contributed by atoms with Gasteiger partial charge in [-0.3, -0.25) is 0 Å². The molecule has 0 saturated carbocycles. The summed E-state index contributed by atoms with van der Waals surface area (Å²) in [5.41, 5.74) is 5.13. The van der Waals surface area contributed by atoms with Crippen molar-refractivity contribution in [3.05, 3.63) is 152 Å². The molecule has 210 valence electrons. The van der Waals surface area contributed by atoms with Crippen molar-refractivity contribution < 1.29 is 0 Å². The van der Waals surface area contributed by atoms with Crippen molar-refractivity contribution in [2.75, 3.05) is 0 Å². The molecule has 0 fully saturated rings. The third-order valence-electron chi connectivity index (χ3n) is 8.49. The van der Waals surface area contributed by atoms with Crippen LogP contribution in [0.5, 0.6) is 0 Å². The van der Waals surface area contributed by atoms with Crippen LogP contribution < -0.4 is 0 Å². The number of benzene rings is 7. The number of nitrogens with zero attached hydrogens (tertiary/aromatic N) is 3. The van der Waals surface area contributed by atoms with E-state index in [2.05, 4.69) is 133 Å². The van der Waals surface area contributed by atoms with Crippen molar-refractivity contribution in [3.63, 3.8) is 0 Å². The fourth-order valence-electron chi connectivity index (χ4n) is 6.23. The van der Waals surface area contributed by atoms with Crippen LogP contribution in [-0.4, -0.2) is 15.0 Å². The Morgan fingerprint density at radius 3 is 1.71 bits per heavy atom. The van der Waals surface area contributed by atoms with E-state index in [4.69, 9.17) is 15.0 Å². The Balaban J connectivity index is 1.30. The Labute approximate surface area is 264 Å². The van der Waals surface area contributed by atoms with Gasteiger partial charge in [0.15, 0.2) is 17.5 Å². The molecule has 0 spiro atoms. The highest BCUT2D eigenvalue weighted by Crippen LogP contribution is 2.39. The maximum atomic E-state index is 5.20. The van der Waals surface area contributed by atoms with Gasteiger partial charge in [0.1, 0.15) is 0 Å². The minimum Gasteiger partial charge on any atom is -0.208 e. The summed E-state index contributed by atoms with van der Waals surface area (Å²) < 4.78 is 2.50. The van der Waals surface area contributed by atoms with E-state index >= 15 is 0 Å². The van der Waals surface area contributed by atoms with Crippen LogP contribution in [0.25, 0.3) is 87.0 Å². The lowest BCUT2D eigenvalue weighted by atomic mass is 9.93. The molecule has 4 heteroatoms. The third kappa shape index (κ3) is 4.55. The summed E-state index contributed by atoms with van der Waals surface area (Å²) in [7, 11) is 0. The first-order valence-electron chi connectivity index (χ1n) is 15.0. The largest absolute Gasteiger partial charge is 0.208 e. The van der Waals surface area contributed by atoms with Crippen molar-refractivity contribution in [1.82, 2.24) is 15.0 Å². The molecule has 0 aliphatic rings. The predicted octanol–water partition coefficient (Wildman–Crippen LogP) is 11.2. The highest BCUT2D eigenvalue weighted by molar-refractivity contribution is 7.25. The van der Waals surface area contributed by atoms with Gasteiger partial charge in [-0.1, -0.05) is 121 Å². The molecule has 3 nitrogen and oxygen atoms in total. The second kappa shape index (κ2) is 10.5. The van der Waals surface area contributed by atoms with E-state index in [0.717, 1.165) is 33.2 Å². The normalized spacial score (nSPS) is 11.6. The Bertz CT molecular complexity index is 2550. The van der Waals surface area contributed by atoms with Crippen molar-refractivity contribution in [2.24, 2.45) is 0 Å². The van der Waals surface area contributed by atoms with Gasteiger partial charge >= 0.3 is 0 Å². The van der Waals surface area contributed by atoms with E-state index in [1.165, 1.54) is 36.3 Å². The molecule has 45 heavy (non-hydrogen) atoms. The van der Waals surface area contributed by atoms with Gasteiger partial charge in [0.25, 0.3) is 0 Å². The van der Waals surface area contributed by atoms with Gasteiger partial charge in [0.2, 0.25) is 0 Å². The standard InChI is InChI=1S/C41H25N3S/c1-2-11-27(12-3-1)39-42-40(32-20-21-34-33-16-8-9-17-37(33)45-38(34)25-32)44-41(43-39)36-24-30-15-7-6-14-29(30)23-35(36)31-19-18-26-10-4-5-13-28(26)22-31/h1-25H. The van der Waals surface area contributed by atoms with Gasteiger partial charge in [-0.05, 0) is 63.0 Å². The maximum absolute atomic E-state index is 5.20. The molecule has 7 aromatic carbocycles. The number of hydrogen-bond donors (Lipinski definition) is 0. The Kier molecular flexibility index (Phi) is 6.00.